The highest BCUT2D eigenvalue weighted by atomic mass is 35.5. The lowest BCUT2D eigenvalue weighted by molar-refractivity contribution is 0.0504. The Balaban J connectivity index is 1.66. The summed E-state index contributed by atoms with van der Waals surface area (Å²) in [5, 5.41) is 7.97. The van der Waals surface area contributed by atoms with Gasteiger partial charge in [-0.1, -0.05) is 23.7 Å². The lowest BCUT2D eigenvalue weighted by Crippen LogP contribution is -2.46. The zero-order valence-corrected chi connectivity index (χ0v) is 22.9. The van der Waals surface area contributed by atoms with Crippen molar-refractivity contribution in [2.45, 2.75) is 63.5 Å². The van der Waals surface area contributed by atoms with E-state index in [0.29, 0.717) is 37.3 Å². The van der Waals surface area contributed by atoms with Crippen LogP contribution in [0.1, 0.15) is 68.4 Å². The second-order valence-electron chi connectivity index (χ2n) is 10.8. The lowest BCUT2D eigenvalue weighted by atomic mass is 9.68. The van der Waals surface area contributed by atoms with Crippen molar-refractivity contribution in [3.8, 4) is 11.3 Å². The molecule has 0 saturated heterocycles. The number of nitrogens with one attached hydrogen (secondary N) is 2. The number of pyridine rings is 1. The molecule has 1 aromatic carbocycles. The highest BCUT2D eigenvalue weighted by molar-refractivity contribution is 6.30. The van der Waals surface area contributed by atoms with Crippen LogP contribution in [0.2, 0.25) is 5.02 Å². The van der Waals surface area contributed by atoms with Gasteiger partial charge in [-0.25, -0.2) is 9.48 Å². The van der Waals surface area contributed by atoms with Crippen LogP contribution >= 0.6 is 11.6 Å². The van der Waals surface area contributed by atoms with Gasteiger partial charge in [0.25, 0.3) is 17.0 Å². The maximum atomic E-state index is 13.2. The molecule has 3 aromatic rings. The minimum absolute atomic E-state index is 0.184. The van der Waals surface area contributed by atoms with Crippen LogP contribution in [0.5, 0.6) is 0 Å². The zero-order valence-electron chi connectivity index (χ0n) is 22.1. The zero-order chi connectivity index (χ0) is 28.4. The number of alkyl carbamates (subject to hydrolysis) is 1. The molecule has 11 heteroatoms. The molecule has 0 spiro atoms. The first-order valence-electron chi connectivity index (χ1n) is 12.7. The standard InChI is InChI=1S/C28H32ClN5O5/c1-27(2,3)39-26(38)32-16-28(17-6-4-7-18(29)14-17)11-9-19(10-12-28)34-25(37)21(23(30)35)15-22(33-34)20-8-5-13-31-24(20)36/h4-8,13-15,19H,9-12,16H2,1-3H3,(H2,30,35)(H,31,36)(H,32,38). The molecule has 39 heavy (non-hydrogen) atoms. The van der Waals surface area contributed by atoms with Crippen LogP contribution in [-0.2, 0) is 10.2 Å². The number of hydrogen-bond donors (Lipinski definition) is 3. The summed E-state index contributed by atoms with van der Waals surface area (Å²) < 4.78 is 6.71. The van der Waals surface area contributed by atoms with E-state index < -0.39 is 34.1 Å². The van der Waals surface area contributed by atoms with E-state index in [1.807, 2.05) is 18.2 Å². The highest BCUT2D eigenvalue weighted by Gasteiger charge is 2.39. The van der Waals surface area contributed by atoms with Crippen molar-refractivity contribution in [2.24, 2.45) is 5.73 Å². The molecule has 1 aliphatic rings. The fourth-order valence-electron chi connectivity index (χ4n) is 5.03. The Labute approximate surface area is 230 Å². The highest BCUT2D eigenvalue weighted by Crippen LogP contribution is 2.43. The summed E-state index contributed by atoms with van der Waals surface area (Å²) in [4.78, 5) is 52.8. The molecule has 10 nitrogen and oxygen atoms in total. The van der Waals surface area contributed by atoms with E-state index in [4.69, 9.17) is 22.1 Å². The van der Waals surface area contributed by atoms with Crippen molar-refractivity contribution < 1.29 is 14.3 Å². The summed E-state index contributed by atoms with van der Waals surface area (Å²) in [6, 6.07) is 11.6. The summed E-state index contributed by atoms with van der Waals surface area (Å²) in [5.74, 6) is -0.893. The number of aromatic nitrogens is 3. The predicted octanol–water partition coefficient (Wildman–Crippen LogP) is 3.93. The average molecular weight is 554 g/mol. The number of aromatic amines is 1. The number of rotatable bonds is 6. The number of nitrogens with zero attached hydrogens (tertiary/aromatic N) is 2. The summed E-state index contributed by atoms with van der Waals surface area (Å²) in [6.07, 6.45) is 3.17. The second-order valence-corrected chi connectivity index (χ2v) is 11.3. The number of ether oxygens (including phenoxy) is 1. The second kappa shape index (κ2) is 11.1. The van der Waals surface area contributed by atoms with Crippen molar-refractivity contribution in [3.05, 3.63) is 85.5 Å². The largest absolute Gasteiger partial charge is 0.444 e. The van der Waals surface area contributed by atoms with E-state index in [-0.39, 0.29) is 22.9 Å². The molecule has 4 N–H and O–H groups in total. The van der Waals surface area contributed by atoms with E-state index in [9.17, 15) is 19.2 Å². The van der Waals surface area contributed by atoms with Gasteiger partial charge in [0.2, 0.25) is 0 Å². The first-order chi connectivity index (χ1) is 18.4. The Bertz CT molecular complexity index is 1500. The third kappa shape index (κ3) is 6.39. The minimum Gasteiger partial charge on any atom is -0.444 e. The topological polar surface area (TPSA) is 149 Å². The molecule has 2 amide bonds. The summed E-state index contributed by atoms with van der Waals surface area (Å²) in [6.45, 7) is 5.70. The normalized spacial score (nSPS) is 19.3. The molecular weight excluding hydrogens is 522 g/mol. The maximum absolute atomic E-state index is 13.2. The number of primary amides is 1. The number of hydrogen-bond acceptors (Lipinski definition) is 6. The Morgan fingerprint density at radius 1 is 1.18 bits per heavy atom. The molecule has 1 aliphatic carbocycles. The Morgan fingerprint density at radius 3 is 2.51 bits per heavy atom. The van der Waals surface area contributed by atoms with Crippen LogP contribution in [0.3, 0.4) is 0 Å². The number of nitrogens with two attached hydrogens (primary N) is 1. The smallest absolute Gasteiger partial charge is 0.407 e. The van der Waals surface area contributed by atoms with E-state index in [1.54, 1.807) is 39.0 Å². The molecular formula is C28H32ClN5O5. The predicted molar refractivity (Wildman–Crippen MR) is 148 cm³/mol. The van der Waals surface area contributed by atoms with Gasteiger partial charge in [0.15, 0.2) is 0 Å². The summed E-state index contributed by atoms with van der Waals surface area (Å²) in [7, 11) is 0. The van der Waals surface area contributed by atoms with Gasteiger partial charge >= 0.3 is 6.09 Å². The van der Waals surface area contributed by atoms with Gasteiger partial charge in [-0.2, -0.15) is 5.10 Å². The third-order valence-electron chi connectivity index (χ3n) is 6.96. The molecule has 2 aromatic heterocycles. The molecule has 4 rings (SSSR count). The van der Waals surface area contributed by atoms with Crippen molar-refractivity contribution in [3.63, 3.8) is 0 Å². The number of amides is 2. The minimum atomic E-state index is -0.893. The van der Waals surface area contributed by atoms with Gasteiger partial charge in [0.1, 0.15) is 11.2 Å². The van der Waals surface area contributed by atoms with Crippen LogP contribution in [0, 0.1) is 0 Å². The number of benzene rings is 1. The lowest BCUT2D eigenvalue weighted by Gasteiger charge is -2.41. The fourth-order valence-corrected chi connectivity index (χ4v) is 5.22. The van der Waals surface area contributed by atoms with Gasteiger partial charge < -0.3 is 20.8 Å². The van der Waals surface area contributed by atoms with Gasteiger partial charge in [-0.3, -0.25) is 14.4 Å². The van der Waals surface area contributed by atoms with Crippen LogP contribution in [-0.4, -0.2) is 38.9 Å². The van der Waals surface area contributed by atoms with Crippen molar-refractivity contribution in [1.29, 1.82) is 0 Å². The van der Waals surface area contributed by atoms with Gasteiger partial charge in [-0.05, 0) is 82.3 Å². The van der Waals surface area contributed by atoms with E-state index in [0.717, 1.165) is 5.56 Å². The Morgan fingerprint density at radius 2 is 1.90 bits per heavy atom. The van der Waals surface area contributed by atoms with Crippen LogP contribution in [0.4, 0.5) is 4.79 Å². The molecule has 1 fully saturated rings. The van der Waals surface area contributed by atoms with Crippen LogP contribution in [0.25, 0.3) is 11.3 Å². The summed E-state index contributed by atoms with van der Waals surface area (Å²) >= 11 is 6.32. The Kier molecular flexibility index (Phi) is 7.96. The molecule has 1 saturated carbocycles. The molecule has 0 bridgehead atoms. The molecule has 206 valence electrons. The van der Waals surface area contributed by atoms with Gasteiger partial charge in [0.05, 0.1) is 17.3 Å². The Hall–Kier alpha value is -3.92. The molecule has 0 aliphatic heterocycles. The van der Waals surface area contributed by atoms with Crippen molar-refractivity contribution in [1.82, 2.24) is 20.1 Å². The van der Waals surface area contributed by atoms with E-state index >= 15 is 0 Å². The number of carbonyl (C=O) groups is 2. The number of carbonyl (C=O) groups excluding carboxylic acids is 2. The summed E-state index contributed by atoms with van der Waals surface area (Å²) in [5.41, 5.74) is 4.53. The molecule has 2 heterocycles. The van der Waals surface area contributed by atoms with Gasteiger partial charge in [-0.15, -0.1) is 0 Å². The monoisotopic (exact) mass is 553 g/mol. The first-order valence-corrected chi connectivity index (χ1v) is 13.1. The van der Waals surface area contributed by atoms with Crippen molar-refractivity contribution >= 4 is 23.6 Å². The van der Waals surface area contributed by atoms with Crippen LogP contribution in [0.15, 0.2) is 58.3 Å². The quantitative estimate of drug-likeness (QED) is 0.421. The van der Waals surface area contributed by atoms with Gasteiger partial charge in [0, 0.05) is 23.2 Å². The molecule has 0 unspecified atom stereocenters. The van der Waals surface area contributed by atoms with Crippen LogP contribution < -0.4 is 22.2 Å². The third-order valence-corrected chi connectivity index (χ3v) is 7.19. The van der Waals surface area contributed by atoms with E-state index in [2.05, 4.69) is 15.4 Å². The average Bonchev–Trinajstić information content (AvgIpc) is 2.87. The number of H-pyrrole nitrogens is 1. The number of halogens is 1. The van der Waals surface area contributed by atoms with Crippen molar-refractivity contribution in [2.75, 3.05) is 6.54 Å². The van der Waals surface area contributed by atoms with E-state index in [1.165, 1.54) is 16.9 Å². The molecule has 0 radical (unpaired) electrons. The maximum Gasteiger partial charge on any atom is 0.407 e. The fraction of sp³-hybridized carbons (Fsp3) is 0.393. The SMILES string of the molecule is CC(C)(C)OC(=O)NCC1(c2cccc(Cl)c2)CCC(n2nc(-c3ccc[nH]c3=O)cc(C(N)=O)c2=O)CC1. The molecule has 0 atom stereocenters. The first kappa shape index (κ1) is 28.1.